The predicted molar refractivity (Wildman–Crippen MR) is 48.3 cm³/mol. The predicted octanol–water partition coefficient (Wildman–Crippen LogP) is 0.213. The fourth-order valence-corrected chi connectivity index (χ4v) is 0.919. The first kappa shape index (κ1) is 12.8. The van der Waals surface area contributed by atoms with Crippen molar-refractivity contribution in [3.63, 3.8) is 0 Å². The summed E-state index contributed by atoms with van der Waals surface area (Å²) in [6.07, 6.45) is 0. The molecule has 6 heteroatoms. The highest BCUT2D eigenvalue weighted by molar-refractivity contribution is 5.73. The van der Waals surface area contributed by atoms with Crippen LogP contribution in [0.3, 0.4) is 0 Å². The average Bonchev–Trinajstić information content (AvgIpc) is 2.01. The van der Waals surface area contributed by atoms with Gasteiger partial charge in [0.25, 0.3) is 0 Å². The van der Waals surface area contributed by atoms with Crippen molar-refractivity contribution in [2.24, 2.45) is 5.92 Å². The summed E-state index contributed by atoms with van der Waals surface area (Å²) >= 11 is 0. The van der Waals surface area contributed by atoms with Gasteiger partial charge in [0.2, 0.25) is 6.54 Å². The van der Waals surface area contributed by atoms with E-state index >= 15 is 0 Å². The summed E-state index contributed by atoms with van der Waals surface area (Å²) in [5, 5.41) is 19.8. The third-order valence-corrected chi connectivity index (χ3v) is 2.02. The first-order valence-corrected chi connectivity index (χ1v) is 4.32. The Bertz CT molecular complexity index is 226. The molecular formula is C8H15NO5. The summed E-state index contributed by atoms with van der Waals surface area (Å²) in [4.78, 5) is 20.7. The van der Waals surface area contributed by atoms with Crippen LogP contribution in [0.15, 0.2) is 0 Å². The smallest absolute Gasteiger partial charge is 0.311 e. The number of rotatable bonds is 5. The molecule has 0 aromatic rings. The molecule has 0 aromatic carbocycles. The zero-order valence-corrected chi connectivity index (χ0v) is 8.52. The Morgan fingerprint density at radius 3 is 2.57 bits per heavy atom. The maximum absolute atomic E-state index is 11.2. The third-order valence-electron chi connectivity index (χ3n) is 2.02. The molecule has 6 nitrogen and oxygen atoms in total. The van der Waals surface area contributed by atoms with Gasteiger partial charge >= 0.3 is 5.97 Å². The van der Waals surface area contributed by atoms with Crippen LogP contribution in [-0.2, 0) is 9.53 Å². The number of esters is 1. The Morgan fingerprint density at radius 2 is 2.21 bits per heavy atom. The molecule has 0 saturated carbocycles. The molecule has 0 bridgehead atoms. The van der Waals surface area contributed by atoms with Gasteiger partial charge in [-0.05, 0) is 20.8 Å². The van der Waals surface area contributed by atoms with Gasteiger partial charge in [-0.1, -0.05) is 0 Å². The van der Waals surface area contributed by atoms with Crippen molar-refractivity contribution in [1.82, 2.24) is 0 Å². The fraction of sp³-hybridized carbons (Fsp3) is 0.875. The van der Waals surface area contributed by atoms with Crippen LogP contribution in [0, 0.1) is 16.0 Å². The van der Waals surface area contributed by atoms with E-state index in [9.17, 15) is 20.0 Å². The van der Waals surface area contributed by atoms with Crippen molar-refractivity contribution in [2.45, 2.75) is 26.4 Å². The highest BCUT2D eigenvalue weighted by Gasteiger charge is 2.39. The minimum Gasteiger partial charge on any atom is -0.466 e. The number of aliphatic hydroxyl groups is 1. The number of hydrogen-bond donors (Lipinski definition) is 1. The van der Waals surface area contributed by atoms with E-state index in [1.165, 1.54) is 13.8 Å². The van der Waals surface area contributed by atoms with E-state index in [0.29, 0.717) is 0 Å². The molecule has 0 aromatic heterocycles. The highest BCUT2D eigenvalue weighted by Crippen LogP contribution is 2.18. The normalized spacial score (nSPS) is 16.9. The van der Waals surface area contributed by atoms with Gasteiger partial charge in [0.15, 0.2) is 0 Å². The van der Waals surface area contributed by atoms with Crippen LogP contribution in [-0.4, -0.2) is 34.8 Å². The molecule has 0 fully saturated rings. The first-order chi connectivity index (χ1) is 6.31. The van der Waals surface area contributed by atoms with Gasteiger partial charge in [0.05, 0.1) is 12.5 Å². The summed E-state index contributed by atoms with van der Waals surface area (Å²) in [5.41, 5.74) is -1.67. The van der Waals surface area contributed by atoms with E-state index in [1.54, 1.807) is 6.92 Å². The van der Waals surface area contributed by atoms with Crippen LogP contribution in [0.1, 0.15) is 20.8 Å². The van der Waals surface area contributed by atoms with Crippen LogP contribution in [0.4, 0.5) is 0 Å². The van der Waals surface area contributed by atoms with Crippen LogP contribution in [0.2, 0.25) is 0 Å². The third kappa shape index (κ3) is 3.69. The summed E-state index contributed by atoms with van der Waals surface area (Å²) in [6.45, 7) is 3.80. The monoisotopic (exact) mass is 205 g/mol. The van der Waals surface area contributed by atoms with E-state index in [4.69, 9.17) is 0 Å². The van der Waals surface area contributed by atoms with Gasteiger partial charge < -0.3 is 9.84 Å². The zero-order chi connectivity index (χ0) is 11.4. The van der Waals surface area contributed by atoms with Crippen molar-refractivity contribution < 1.29 is 19.6 Å². The second-order valence-corrected chi connectivity index (χ2v) is 3.32. The summed E-state index contributed by atoms with van der Waals surface area (Å²) in [6, 6.07) is 0. The molecule has 14 heavy (non-hydrogen) atoms. The van der Waals surface area contributed by atoms with Crippen molar-refractivity contribution in [3.8, 4) is 0 Å². The lowest BCUT2D eigenvalue weighted by molar-refractivity contribution is -0.501. The molecule has 82 valence electrons. The molecule has 0 heterocycles. The summed E-state index contributed by atoms with van der Waals surface area (Å²) in [7, 11) is 0. The number of carbonyl (C=O) groups excluding carboxylic acids is 1. The molecule has 0 aliphatic rings. The number of ether oxygens (including phenoxy) is 1. The van der Waals surface area contributed by atoms with E-state index in [-0.39, 0.29) is 6.61 Å². The standard InChI is InChI=1S/C8H15NO5/c1-4-14-7(10)6(2)8(3,11)5-9(12)13/h6,11H,4-5H2,1-3H3/t6-,8+/m0/s1. The largest absolute Gasteiger partial charge is 0.466 e. The van der Waals surface area contributed by atoms with Gasteiger partial charge in [0, 0.05) is 4.92 Å². The van der Waals surface area contributed by atoms with E-state index in [2.05, 4.69) is 4.74 Å². The number of nitro groups is 1. The van der Waals surface area contributed by atoms with Crippen molar-refractivity contribution in [1.29, 1.82) is 0 Å². The topological polar surface area (TPSA) is 89.7 Å². The lowest BCUT2D eigenvalue weighted by Crippen LogP contribution is -2.44. The molecule has 0 aliphatic heterocycles. The molecule has 0 aliphatic carbocycles. The van der Waals surface area contributed by atoms with Crippen molar-refractivity contribution in [2.75, 3.05) is 13.2 Å². The Morgan fingerprint density at radius 1 is 1.71 bits per heavy atom. The summed E-state index contributed by atoms with van der Waals surface area (Å²) < 4.78 is 4.65. The summed E-state index contributed by atoms with van der Waals surface area (Å²) in [5.74, 6) is -1.53. The number of carbonyl (C=O) groups is 1. The lowest BCUT2D eigenvalue weighted by Gasteiger charge is -2.24. The Hall–Kier alpha value is -1.17. The van der Waals surface area contributed by atoms with Crippen molar-refractivity contribution >= 4 is 5.97 Å². The second kappa shape index (κ2) is 4.90. The minimum absolute atomic E-state index is 0.192. The number of nitrogens with zero attached hydrogens (tertiary/aromatic N) is 1. The second-order valence-electron chi connectivity index (χ2n) is 3.32. The van der Waals surface area contributed by atoms with Gasteiger partial charge in [-0.3, -0.25) is 14.9 Å². The molecular weight excluding hydrogens is 190 g/mol. The molecule has 2 atom stereocenters. The molecule has 1 N–H and O–H groups in total. The minimum atomic E-state index is -1.67. The van der Waals surface area contributed by atoms with E-state index in [0.717, 1.165) is 0 Å². The zero-order valence-electron chi connectivity index (χ0n) is 8.52. The van der Waals surface area contributed by atoms with Crippen LogP contribution in [0.5, 0.6) is 0 Å². The van der Waals surface area contributed by atoms with Crippen molar-refractivity contribution in [3.05, 3.63) is 10.1 Å². The average molecular weight is 205 g/mol. The molecule has 0 saturated heterocycles. The van der Waals surface area contributed by atoms with Gasteiger partial charge in [-0.25, -0.2) is 0 Å². The van der Waals surface area contributed by atoms with Gasteiger partial charge in [-0.15, -0.1) is 0 Å². The molecule has 0 unspecified atom stereocenters. The van der Waals surface area contributed by atoms with Crippen LogP contribution < -0.4 is 0 Å². The van der Waals surface area contributed by atoms with Crippen LogP contribution in [0.25, 0.3) is 0 Å². The molecule has 0 spiro atoms. The Kier molecular flexibility index (Phi) is 4.49. The number of hydrogen-bond acceptors (Lipinski definition) is 5. The van der Waals surface area contributed by atoms with E-state index < -0.39 is 29.0 Å². The quantitative estimate of drug-likeness (QED) is 0.393. The first-order valence-electron chi connectivity index (χ1n) is 4.32. The maximum Gasteiger partial charge on any atom is 0.311 e. The Balaban J connectivity index is 4.40. The van der Waals surface area contributed by atoms with E-state index in [1.807, 2.05) is 0 Å². The van der Waals surface area contributed by atoms with Gasteiger partial charge in [-0.2, -0.15) is 0 Å². The lowest BCUT2D eigenvalue weighted by atomic mass is 9.91. The fourth-order valence-electron chi connectivity index (χ4n) is 0.919. The Labute approximate surface area is 82.0 Å². The van der Waals surface area contributed by atoms with Crippen LogP contribution >= 0.6 is 0 Å². The maximum atomic E-state index is 11.2. The SMILES string of the molecule is CCOC(=O)[C@H](C)[C@](C)(O)C[N+](=O)[O-]. The molecule has 0 rings (SSSR count). The molecule has 0 radical (unpaired) electrons. The van der Waals surface area contributed by atoms with Gasteiger partial charge in [0.1, 0.15) is 5.60 Å². The molecule has 0 amide bonds. The highest BCUT2D eigenvalue weighted by atomic mass is 16.6.